The smallest absolute Gasteiger partial charge is 0.144 e. The number of rotatable bonds is 8. The van der Waals surface area contributed by atoms with Crippen molar-refractivity contribution < 1.29 is 4.39 Å². The van der Waals surface area contributed by atoms with Crippen molar-refractivity contribution in [3.05, 3.63) is 95.6 Å². The van der Waals surface area contributed by atoms with Crippen LogP contribution in [0.3, 0.4) is 0 Å². The largest absolute Gasteiger partial charge is 0.299 e. The molecular formula is C29H31FN2. The summed E-state index contributed by atoms with van der Waals surface area (Å²) in [6.45, 7) is 6.41. The average Bonchev–Trinajstić information content (AvgIpc) is 3.26. The summed E-state index contributed by atoms with van der Waals surface area (Å²) in [5.41, 5.74) is 7.43. The van der Waals surface area contributed by atoms with Gasteiger partial charge in [-0.1, -0.05) is 68.7 Å². The van der Waals surface area contributed by atoms with Gasteiger partial charge in [0.05, 0.1) is 5.69 Å². The lowest BCUT2D eigenvalue weighted by atomic mass is 9.99. The molecule has 0 atom stereocenters. The molecule has 0 saturated heterocycles. The van der Waals surface area contributed by atoms with Gasteiger partial charge in [0.2, 0.25) is 0 Å². The van der Waals surface area contributed by atoms with Crippen molar-refractivity contribution in [1.29, 1.82) is 0 Å². The van der Waals surface area contributed by atoms with E-state index in [9.17, 15) is 4.39 Å². The van der Waals surface area contributed by atoms with Gasteiger partial charge in [-0.2, -0.15) is 0 Å². The quantitative estimate of drug-likeness (QED) is 0.260. The molecule has 0 spiro atoms. The molecule has 0 radical (unpaired) electrons. The van der Waals surface area contributed by atoms with E-state index in [0.29, 0.717) is 0 Å². The fourth-order valence-electron chi connectivity index (χ4n) is 4.39. The third kappa shape index (κ3) is 4.83. The number of nitrogens with zero attached hydrogens (tertiary/aromatic N) is 2. The minimum Gasteiger partial charge on any atom is -0.299 e. The van der Waals surface area contributed by atoms with Crippen molar-refractivity contribution in [2.45, 2.75) is 52.9 Å². The van der Waals surface area contributed by atoms with E-state index in [-0.39, 0.29) is 5.82 Å². The van der Waals surface area contributed by atoms with E-state index in [2.05, 4.69) is 72.8 Å². The van der Waals surface area contributed by atoms with Gasteiger partial charge in [-0.05, 0) is 72.7 Å². The van der Waals surface area contributed by atoms with Crippen LogP contribution in [0, 0.1) is 19.7 Å². The zero-order chi connectivity index (χ0) is 22.5. The topological polar surface area (TPSA) is 17.8 Å². The Labute approximate surface area is 190 Å². The van der Waals surface area contributed by atoms with Gasteiger partial charge in [0.1, 0.15) is 11.6 Å². The van der Waals surface area contributed by atoms with Gasteiger partial charge in [-0.25, -0.2) is 9.37 Å². The lowest BCUT2D eigenvalue weighted by Gasteiger charge is -2.14. The highest BCUT2D eigenvalue weighted by Gasteiger charge is 2.14. The second kappa shape index (κ2) is 9.95. The molecule has 0 N–H and O–H groups in total. The molecule has 3 aromatic carbocycles. The van der Waals surface area contributed by atoms with E-state index in [1.807, 2.05) is 12.3 Å². The normalized spacial score (nSPS) is 11.1. The number of unbranched alkanes of at least 4 members (excludes halogenated alkanes) is 3. The highest BCUT2D eigenvalue weighted by atomic mass is 19.1. The molecule has 3 heteroatoms. The second-order valence-electron chi connectivity index (χ2n) is 8.60. The van der Waals surface area contributed by atoms with E-state index in [1.165, 1.54) is 31.2 Å². The van der Waals surface area contributed by atoms with Crippen molar-refractivity contribution in [2.75, 3.05) is 0 Å². The predicted molar refractivity (Wildman–Crippen MR) is 132 cm³/mol. The van der Waals surface area contributed by atoms with Gasteiger partial charge in [0.15, 0.2) is 0 Å². The first-order valence-corrected chi connectivity index (χ1v) is 11.6. The van der Waals surface area contributed by atoms with Crippen LogP contribution in [0.25, 0.3) is 28.2 Å². The highest BCUT2D eigenvalue weighted by molar-refractivity contribution is 5.72. The molecule has 32 heavy (non-hydrogen) atoms. The Morgan fingerprint density at radius 3 is 2.25 bits per heavy atom. The van der Waals surface area contributed by atoms with Crippen LogP contribution in [0.2, 0.25) is 0 Å². The fourth-order valence-corrected chi connectivity index (χ4v) is 4.39. The standard InChI is InChI=1S/C29H31FN2/c1-4-5-6-7-11-23-12-14-24(15-13-23)25-18-26(20-27(30)19-25)29-31-16-17-32(29)28-21(2)9-8-10-22(28)3/h8-10,12-20H,4-7,11H2,1-3H3. The van der Waals surface area contributed by atoms with Gasteiger partial charge >= 0.3 is 0 Å². The number of aryl methyl sites for hydroxylation is 3. The summed E-state index contributed by atoms with van der Waals surface area (Å²) in [6.07, 6.45) is 9.87. The second-order valence-corrected chi connectivity index (χ2v) is 8.60. The van der Waals surface area contributed by atoms with Gasteiger partial charge < -0.3 is 0 Å². The zero-order valence-electron chi connectivity index (χ0n) is 19.2. The number of benzene rings is 3. The number of halogens is 1. The summed E-state index contributed by atoms with van der Waals surface area (Å²) >= 11 is 0. The van der Waals surface area contributed by atoms with Crippen LogP contribution in [0.15, 0.2) is 73.1 Å². The van der Waals surface area contributed by atoms with Crippen LogP contribution in [-0.4, -0.2) is 9.55 Å². The van der Waals surface area contributed by atoms with E-state index in [4.69, 9.17) is 0 Å². The highest BCUT2D eigenvalue weighted by Crippen LogP contribution is 2.30. The molecule has 0 aliphatic heterocycles. The minimum atomic E-state index is -0.253. The van der Waals surface area contributed by atoms with Crippen LogP contribution < -0.4 is 0 Å². The van der Waals surface area contributed by atoms with E-state index >= 15 is 0 Å². The molecule has 4 aromatic rings. The van der Waals surface area contributed by atoms with Crippen molar-refractivity contribution in [2.24, 2.45) is 0 Å². The molecule has 2 nitrogen and oxygen atoms in total. The van der Waals surface area contributed by atoms with Crippen LogP contribution in [0.4, 0.5) is 4.39 Å². The van der Waals surface area contributed by atoms with Crippen LogP contribution in [0.1, 0.15) is 49.3 Å². The van der Waals surface area contributed by atoms with Crippen molar-refractivity contribution in [3.63, 3.8) is 0 Å². The number of imidazole rings is 1. The summed E-state index contributed by atoms with van der Waals surface area (Å²) in [7, 11) is 0. The number of hydrogen-bond acceptors (Lipinski definition) is 1. The van der Waals surface area contributed by atoms with Crippen molar-refractivity contribution >= 4 is 0 Å². The first-order chi connectivity index (χ1) is 15.6. The molecule has 164 valence electrons. The van der Waals surface area contributed by atoms with E-state index in [0.717, 1.165) is 45.7 Å². The van der Waals surface area contributed by atoms with Crippen molar-refractivity contribution in [3.8, 4) is 28.2 Å². The minimum absolute atomic E-state index is 0.253. The maximum Gasteiger partial charge on any atom is 0.144 e. The van der Waals surface area contributed by atoms with Gasteiger partial charge in [0.25, 0.3) is 0 Å². The molecule has 0 aliphatic rings. The Balaban J connectivity index is 1.65. The van der Waals surface area contributed by atoms with Crippen LogP contribution in [0.5, 0.6) is 0 Å². The first kappa shape index (κ1) is 22.0. The maximum absolute atomic E-state index is 14.7. The Kier molecular flexibility index (Phi) is 6.84. The third-order valence-electron chi connectivity index (χ3n) is 6.08. The van der Waals surface area contributed by atoms with Crippen LogP contribution >= 0.6 is 0 Å². The zero-order valence-corrected chi connectivity index (χ0v) is 19.2. The van der Waals surface area contributed by atoms with Gasteiger partial charge in [-0.3, -0.25) is 4.57 Å². The molecule has 1 heterocycles. The summed E-state index contributed by atoms with van der Waals surface area (Å²) in [5.74, 6) is 0.493. The molecule has 1 aromatic heterocycles. The number of aromatic nitrogens is 2. The molecule has 0 fully saturated rings. The van der Waals surface area contributed by atoms with Gasteiger partial charge in [-0.15, -0.1) is 0 Å². The Morgan fingerprint density at radius 2 is 1.53 bits per heavy atom. The average molecular weight is 427 g/mol. The van der Waals surface area contributed by atoms with E-state index in [1.54, 1.807) is 18.3 Å². The monoisotopic (exact) mass is 426 g/mol. The van der Waals surface area contributed by atoms with Crippen LogP contribution in [-0.2, 0) is 6.42 Å². The molecular weight excluding hydrogens is 395 g/mol. The molecule has 0 unspecified atom stereocenters. The molecule has 0 bridgehead atoms. The number of hydrogen-bond donors (Lipinski definition) is 0. The predicted octanol–water partition coefficient (Wildman–Crippen LogP) is 8.09. The molecule has 0 saturated carbocycles. The maximum atomic E-state index is 14.7. The molecule has 0 aliphatic carbocycles. The summed E-state index contributed by atoms with van der Waals surface area (Å²) in [4.78, 5) is 4.58. The summed E-state index contributed by atoms with van der Waals surface area (Å²) in [5, 5.41) is 0. The van der Waals surface area contributed by atoms with Gasteiger partial charge in [0, 0.05) is 18.0 Å². The van der Waals surface area contributed by atoms with Crippen molar-refractivity contribution in [1.82, 2.24) is 9.55 Å². The third-order valence-corrected chi connectivity index (χ3v) is 6.08. The SMILES string of the molecule is CCCCCCc1ccc(-c2cc(F)cc(-c3nccn3-c3c(C)cccc3C)c2)cc1. The van der Waals surface area contributed by atoms with E-state index < -0.39 is 0 Å². The number of para-hydroxylation sites is 1. The summed E-state index contributed by atoms with van der Waals surface area (Å²) in [6, 6.07) is 20.0. The molecule has 4 rings (SSSR count). The Hall–Kier alpha value is -3.20. The Bertz CT molecular complexity index is 1170. The fraction of sp³-hybridized carbons (Fsp3) is 0.276. The lowest BCUT2D eigenvalue weighted by molar-refractivity contribution is 0.628. The summed E-state index contributed by atoms with van der Waals surface area (Å²) < 4.78 is 16.7. The lowest BCUT2D eigenvalue weighted by Crippen LogP contribution is -2.01. The molecule has 0 amide bonds. The Morgan fingerprint density at radius 1 is 0.812 bits per heavy atom. The first-order valence-electron chi connectivity index (χ1n) is 11.6.